The van der Waals surface area contributed by atoms with Crippen LogP contribution in [0.15, 0.2) is 0 Å². The summed E-state index contributed by atoms with van der Waals surface area (Å²) in [5.74, 6) is 0.200. The lowest BCUT2D eigenvalue weighted by molar-refractivity contribution is -0.134. The van der Waals surface area contributed by atoms with Crippen molar-refractivity contribution in [3.05, 3.63) is 0 Å². The van der Waals surface area contributed by atoms with Gasteiger partial charge in [-0.25, -0.2) is 0 Å². The quantitative estimate of drug-likeness (QED) is 0.753. The highest BCUT2D eigenvalue weighted by atomic mass is 16.3. The minimum absolute atomic E-state index is 0.0252. The van der Waals surface area contributed by atoms with E-state index in [2.05, 4.69) is 5.32 Å². The second-order valence-electron chi connectivity index (χ2n) is 5.06. The Hall–Kier alpha value is -1.10. The maximum absolute atomic E-state index is 12.0. The molecule has 0 aromatic rings. The first-order valence-corrected chi connectivity index (χ1v) is 6.71. The van der Waals surface area contributed by atoms with Gasteiger partial charge in [0, 0.05) is 38.6 Å². The molecule has 0 spiro atoms. The summed E-state index contributed by atoms with van der Waals surface area (Å²) in [6, 6.07) is 0.107. The van der Waals surface area contributed by atoms with Crippen LogP contribution in [0.5, 0.6) is 0 Å². The fraction of sp³-hybridized carbons (Fsp3) is 0.846. The van der Waals surface area contributed by atoms with Crippen LogP contribution in [-0.2, 0) is 9.59 Å². The molecular formula is C13H24N2O3. The first-order chi connectivity index (χ1) is 8.54. The van der Waals surface area contributed by atoms with Crippen molar-refractivity contribution in [2.45, 2.75) is 45.6 Å². The number of carbonyl (C=O) groups excluding carboxylic acids is 2. The minimum atomic E-state index is 0.0252. The van der Waals surface area contributed by atoms with Crippen LogP contribution in [0.3, 0.4) is 0 Å². The third kappa shape index (κ3) is 4.64. The average Bonchev–Trinajstić information content (AvgIpc) is 2.36. The molecule has 1 saturated heterocycles. The summed E-state index contributed by atoms with van der Waals surface area (Å²) in [6.07, 6.45) is 3.01. The van der Waals surface area contributed by atoms with Crippen LogP contribution in [0, 0.1) is 5.92 Å². The van der Waals surface area contributed by atoms with Crippen molar-refractivity contribution in [2.24, 2.45) is 5.92 Å². The molecule has 2 amide bonds. The molecular weight excluding hydrogens is 232 g/mol. The van der Waals surface area contributed by atoms with Crippen LogP contribution < -0.4 is 5.32 Å². The number of nitrogens with one attached hydrogen (secondary N) is 1. The zero-order valence-electron chi connectivity index (χ0n) is 11.3. The van der Waals surface area contributed by atoms with Crippen molar-refractivity contribution < 1.29 is 14.7 Å². The van der Waals surface area contributed by atoms with Gasteiger partial charge in [0.15, 0.2) is 0 Å². The van der Waals surface area contributed by atoms with Crippen LogP contribution >= 0.6 is 0 Å². The number of rotatable bonds is 5. The normalized spacial score (nSPS) is 18.5. The number of piperidine rings is 1. The van der Waals surface area contributed by atoms with Crippen molar-refractivity contribution in [1.82, 2.24) is 10.2 Å². The topological polar surface area (TPSA) is 69.6 Å². The number of hydrogen-bond acceptors (Lipinski definition) is 3. The molecule has 1 aliphatic heterocycles. The van der Waals surface area contributed by atoms with Gasteiger partial charge in [0.2, 0.25) is 11.8 Å². The van der Waals surface area contributed by atoms with E-state index in [0.717, 1.165) is 19.3 Å². The molecule has 1 heterocycles. The standard InChI is InChI=1S/C13H24N2O3/c1-10(4-3-9-16)14-13(18)12-5-7-15(8-6-12)11(2)17/h10,12,16H,3-9H2,1-2H3,(H,14,18). The summed E-state index contributed by atoms with van der Waals surface area (Å²) in [6.45, 7) is 5.05. The molecule has 5 nitrogen and oxygen atoms in total. The fourth-order valence-corrected chi connectivity index (χ4v) is 2.29. The lowest BCUT2D eigenvalue weighted by Crippen LogP contribution is -2.44. The first-order valence-electron chi connectivity index (χ1n) is 6.71. The minimum Gasteiger partial charge on any atom is -0.396 e. The Labute approximate surface area is 109 Å². The summed E-state index contributed by atoms with van der Waals surface area (Å²) < 4.78 is 0. The number of carbonyl (C=O) groups is 2. The molecule has 0 bridgehead atoms. The van der Waals surface area contributed by atoms with Gasteiger partial charge in [0.1, 0.15) is 0 Å². The number of amides is 2. The van der Waals surface area contributed by atoms with Gasteiger partial charge >= 0.3 is 0 Å². The first kappa shape index (κ1) is 15.0. The summed E-state index contributed by atoms with van der Waals surface area (Å²) in [7, 11) is 0. The largest absolute Gasteiger partial charge is 0.396 e. The molecule has 1 fully saturated rings. The van der Waals surface area contributed by atoms with E-state index in [-0.39, 0.29) is 30.4 Å². The SMILES string of the molecule is CC(=O)N1CCC(C(=O)NC(C)CCCO)CC1. The molecule has 1 unspecified atom stereocenters. The zero-order chi connectivity index (χ0) is 13.5. The van der Waals surface area contributed by atoms with Crippen molar-refractivity contribution in [3.63, 3.8) is 0 Å². The highest BCUT2D eigenvalue weighted by Crippen LogP contribution is 2.17. The molecule has 0 aromatic heterocycles. The van der Waals surface area contributed by atoms with Gasteiger partial charge in [-0.05, 0) is 32.6 Å². The smallest absolute Gasteiger partial charge is 0.223 e. The average molecular weight is 256 g/mol. The van der Waals surface area contributed by atoms with Crippen molar-refractivity contribution in [2.75, 3.05) is 19.7 Å². The molecule has 0 aromatic carbocycles. The van der Waals surface area contributed by atoms with Crippen LogP contribution in [-0.4, -0.2) is 47.6 Å². The van der Waals surface area contributed by atoms with E-state index >= 15 is 0 Å². The molecule has 2 N–H and O–H groups in total. The van der Waals surface area contributed by atoms with E-state index < -0.39 is 0 Å². The Morgan fingerprint density at radius 3 is 2.50 bits per heavy atom. The molecule has 1 atom stereocenters. The van der Waals surface area contributed by atoms with Crippen molar-refractivity contribution in [1.29, 1.82) is 0 Å². The zero-order valence-corrected chi connectivity index (χ0v) is 11.3. The second-order valence-corrected chi connectivity index (χ2v) is 5.06. The highest BCUT2D eigenvalue weighted by Gasteiger charge is 2.26. The second kappa shape index (κ2) is 7.36. The fourth-order valence-electron chi connectivity index (χ4n) is 2.29. The van der Waals surface area contributed by atoms with Crippen molar-refractivity contribution in [3.8, 4) is 0 Å². The van der Waals surface area contributed by atoms with Crippen LogP contribution in [0.1, 0.15) is 39.5 Å². The molecule has 0 aliphatic carbocycles. The van der Waals surface area contributed by atoms with Gasteiger partial charge in [-0.3, -0.25) is 9.59 Å². The Balaban J connectivity index is 2.29. The van der Waals surface area contributed by atoms with Gasteiger partial charge in [-0.2, -0.15) is 0 Å². The van der Waals surface area contributed by atoms with E-state index in [9.17, 15) is 9.59 Å². The number of likely N-dealkylation sites (tertiary alicyclic amines) is 1. The number of aliphatic hydroxyl groups is 1. The third-order valence-corrected chi connectivity index (χ3v) is 3.49. The van der Waals surface area contributed by atoms with E-state index in [1.807, 2.05) is 6.92 Å². The summed E-state index contributed by atoms with van der Waals surface area (Å²) in [5.41, 5.74) is 0. The molecule has 0 saturated carbocycles. The lowest BCUT2D eigenvalue weighted by Gasteiger charge is -2.31. The summed E-state index contributed by atoms with van der Waals surface area (Å²) in [4.78, 5) is 24.9. The molecule has 104 valence electrons. The molecule has 1 rings (SSSR count). The Bertz CT molecular complexity index is 286. The van der Waals surface area contributed by atoms with E-state index in [1.165, 1.54) is 0 Å². The van der Waals surface area contributed by atoms with E-state index in [1.54, 1.807) is 11.8 Å². The van der Waals surface area contributed by atoms with Gasteiger partial charge < -0.3 is 15.3 Å². The molecule has 1 aliphatic rings. The maximum atomic E-state index is 12.0. The van der Waals surface area contributed by atoms with Crippen molar-refractivity contribution >= 4 is 11.8 Å². The summed E-state index contributed by atoms with van der Waals surface area (Å²) >= 11 is 0. The van der Waals surface area contributed by atoms with Crippen LogP contribution in [0.25, 0.3) is 0 Å². The number of nitrogens with zero attached hydrogens (tertiary/aromatic N) is 1. The predicted molar refractivity (Wildman–Crippen MR) is 68.9 cm³/mol. The van der Waals surface area contributed by atoms with E-state index in [0.29, 0.717) is 19.5 Å². The van der Waals surface area contributed by atoms with Crippen LogP contribution in [0.4, 0.5) is 0 Å². The van der Waals surface area contributed by atoms with Gasteiger partial charge in [-0.1, -0.05) is 0 Å². The number of hydrogen-bond donors (Lipinski definition) is 2. The molecule has 5 heteroatoms. The highest BCUT2D eigenvalue weighted by molar-refractivity contribution is 5.79. The Morgan fingerprint density at radius 2 is 2.00 bits per heavy atom. The van der Waals surface area contributed by atoms with Gasteiger partial charge in [-0.15, -0.1) is 0 Å². The van der Waals surface area contributed by atoms with Crippen LogP contribution in [0.2, 0.25) is 0 Å². The van der Waals surface area contributed by atoms with Gasteiger partial charge in [0.25, 0.3) is 0 Å². The van der Waals surface area contributed by atoms with Gasteiger partial charge in [0.05, 0.1) is 0 Å². The summed E-state index contributed by atoms with van der Waals surface area (Å²) in [5, 5.41) is 11.7. The molecule has 0 radical (unpaired) electrons. The predicted octanol–water partition coefficient (Wildman–Crippen LogP) is 0.522. The monoisotopic (exact) mass is 256 g/mol. The van der Waals surface area contributed by atoms with E-state index in [4.69, 9.17) is 5.11 Å². The maximum Gasteiger partial charge on any atom is 0.223 e. The third-order valence-electron chi connectivity index (χ3n) is 3.49. The Kier molecular flexibility index (Phi) is 6.12. The Morgan fingerprint density at radius 1 is 1.39 bits per heavy atom. The molecule has 18 heavy (non-hydrogen) atoms. The lowest BCUT2D eigenvalue weighted by atomic mass is 9.95. The number of aliphatic hydroxyl groups excluding tert-OH is 1.